The Morgan fingerprint density at radius 3 is 2.42 bits per heavy atom. The molecule has 2 fully saturated rings. The number of hydrogen-bond donors (Lipinski definition) is 0. The van der Waals surface area contributed by atoms with Gasteiger partial charge in [0.05, 0.1) is 6.54 Å². The van der Waals surface area contributed by atoms with E-state index in [2.05, 4.69) is 0 Å². The number of piperidine rings is 1. The van der Waals surface area contributed by atoms with Crippen molar-refractivity contribution < 1.29 is 13.2 Å². The molecule has 6 nitrogen and oxygen atoms in total. The van der Waals surface area contributed by atoms with Gasteiger partial charge in [0.25, 0.3) is 10.2 Å². The Morgan fingerprint density at radius 2 is 1.73 bits per heavy atom. The van der Waals surface area contributed by atoms with Crippen molar-refractivity contribution in [2.24, 2.45) is 0 Å². The summed E-state index contributed by atoms with van der Waals surface area (Å²) in [7, 11) is -3.60. The van der Waals surface area contributed by atoms with Gasteiger partial charge in [-0.05, 0) is 45.1 Å². The Morgan fingerprint density at radius 1 is 1.04 bits per heavy atom. The molecule has 1 atom stereocenters. The Labute approximate surface area is 157 Å². The van der Waals surface area contributed by atoms with E-state index >= 15 is 0 Å². The van der Waals surface area contributed by atoms with Crippen LogP contribution in [0.1, 0.15) is 43.7 Å². The van der Waals surface area contributed by atoms with Crippen LogP contribution in [0.25, 0.3) is 0 Å². The molecule has 1 aromatic rings. The summed E-state index contributed by atoms with van der Waals surface area (Å²) in [6.07, 6.45) is 3.88. The van der Waals surface area contributed by atoms with Crippen LogP contribution in [-0.2, 0) is 21.5 Å². The molecule has 26 heavy (non-hydrogen) atoms. The van der Waals surface area contributed by atoms with Crippen molar-refractivity contribution in [2.75, 3.05) is 26.2 Å². The van der Waals surface area contributed by atoms with Crippen LogP contribution < -0.4 is 0 Å². The van der Waals surface area contributed by atoms with Crippen molar-refractivity contribution in [3.8, 4) is 0 Å². The summed E-state index contributed by atoms with van der Waals surface area (Å²) in [6, 6.07) is 8.11. The van der Waals surface area contributed by atoms with Gasteiger partial charge in [-0.3, -0.25) is 4.79 Å². The third kappa shape index (κ3) is 4.27. The maximum Gasteiger partial charge on any atom is 0.282 e. The second-order valence-corrected chi connectivity index (χ2v) is 9.37. The van der Waals surface area contributed by atoms with Crippen LogP contribution in [0.2, 0.25) is 0 Å². The molecule has 2 heterocycles. The molecule has 7 heteroatoms. The number of hydrogen-bond acceptors (Lipinski definition) is 3. The third-order valence-electron chi connectivity index (χ3n) is 5.38. The summed E-state index contributed by atoms with van der Waals surface area (Å²) in [6.45, 7) is 6.02. The van der Waals surface area contributed by atoms with Gasteiger partial charge in [-0.1, -0.05) is 29.8 Å². The first-order valence-corrected chi connectivity index (χ1v) is 10.9. The zero-order valence-corrected chi connectivity index (χ0v) is 16.5. The standard InChI is InChI=1S/C19H29N3O3S/c1-16-7-9-18(10-8-16)14-20-11-5-12-21(26(20,24)25)15-19(23)22-13-4-3-6-17(22)2/h7-10,17H,3-6,11-15H2,1-2H3. The van der Waals surface area contributed by atoms with E-state index in [1.807, 2.05) is 43.0 Å². The highest BCUT2D eigenvalue weighted by Crippen LogP contribution is 2.21. The number of benzene rings is 1. The van der Waals surface area contributed by atoms with Gasteiger partial charge in [-0.15, -0.1) is 0 Å². The predicted octanol–water partition coefficient (Wildman–Crippen LogP) is 2.15. The lowest BCUT2D eigenvalue weighted by atomic mass is 10.0. The number of carbonyl (C=O) groups is 1. The fraction of sp³-hybridized carbons (Fsp3) is 0.632. The summed E-state index contributed by atoms with van der Waals surface area (Å²) in [5.41, 5.74) is 2.12. The van der Waals surface area contributed by atoms with E-state index in [9.17, 15) is 13.2 Å². The average Bonchev–Trinajstić information content (AvgIpc) is 2.60. The third-order valence-corrected chi connectivity index (χ3v) is 7.31. The molecule has 0 aliphatic carbocycles. The quantitative estimate of drug-likeness (QED) is 0.805. The lowest BCUT2D eigenvalue weighted by molar-refractivity contribution is -0.134. The highest BCUT2D eigenvalue weighted by molar-refractivity contribution is 7.86. The lowest BCUT2D eigenvalue weighted by Crippen LogP contribution is -2.54. The molecule has 0 saturated carbocycles. The molecule has 2 saturated heterocycles. The van der Waals surface area contributed by atoms with Crippen LogP contribution in [0.15, 0.2) is 24.3 Å². The van der Waals surface area contributed by atoms with E-state index in [4.69, 9.17) is 0 Å². The van der Waals surface area contributed by atoms with Crippen molar-refractivity contribution in [1.82, 2.24) is 13.5 Å². The van der Waals surface area contributed by atoms with E-state index in [1.54, 1.807) is 0 Å². The topological polar surface area (TPSA) is 60.9 Å². The maximum absolute atomic E-state index is 13.0. The average molecular weight is 380 g/mol. The molecule has 144 valence electrons. The largest absolute Gasteiger partial charge is 0.339 e. The summed E-state index contributed by atoms with van der Waals surface area (Å²) >= 11 is 0. The molecule has 0 N–H and O–H groups in total. The zero-order chi connectivity index (χ0) is 18.7. The minimum absolute atomic E-state index is 0.0446. The second-order valence-electron chi connectivity index (χ2n) is 7.45. The van der Waals surface area contributed by atoms with Gasteiger partial charge in [0, 0.05) is 32.2 Å². The van der Waals surface area contributed by atoms with Crippen LogP contribution in [0, 0.1) is 6.92 Å². The SMILES string of the molecule is Cc1ccc(CN2CCCN(CC(=O)N3CCCCC3C)S2(=O)=O)cc1. The fourth-order valence-electron chi connectivity index (χ4n) is 3.75. The number of nitrogens with zero attached hydrogens (tertiary/aromatic N) is 3. The monoisotopic (exact) mass is 379 g/mol. The number of carbonyl (C=O) groups excluding carboxylic acids is 1. The van der Waals surface area contributed by atoms with Crippen molar-refractivity contribution >= 4 is 16.1 Å². The van der Waals surface area contributed by atoms with Gasteiger partial charge in [-0.25, -0.2) is 0 Å². The minimum atomic E-state index is -3.60. The van der Waals surface area contributed by atoms with Gasteiger partial charge in [-0.2, -0.15) is 17.0 Å². The van der Waals surface area contributed by atoms with Crippen molar-refractivity contribution in [3.63, 3.8) is 0 Å². The van der Waals surface area contributed by atoms with E-state index in [0.717, 1.165) is 43.4 Å². The highest BCUT2D eigenvalue weighted by atomic mass is 32.2. The van der Waals surface area contributed by atoms with Gasteiger partial charge in [0.15, 0.2) is 0 Å². The number of aryl methyl sites for hydroxylation is 1. The van der Waals surface area contributed by atoms with Crippen LogP contribution >= 0.6 is 0 Å². The first-order valence-electron chi connectivity index (χ1n) is 9.48. The highest BCUT2D eigenvalue weighted by Gasteiger charge is 2.36. The van der Waals surface area contributed by atoms with E-state index in [1.165, 1.54) is 8.61 Å². The first kappa shape index (κ1) is 19.3. The molecule has 3 rings (SSSR count). The second kappa shape index (κ2) is 8.06. The summed E-state index contributed by atoms with van der Waals surface area (Å²) in [4.78, 5) is 14.5. The molecular formula is C19H29N3O3S. The van der Waals surface area contributed by atoms with E-state index < -0.39 is 10.2 Å². The molecule has 0 radical (unpaired) electrons. The molecule has 1 aromatic carbocycles. The fourth-order valence-corrected chi connectivity index (χ4v) is 5.38. The van der Waals surface area contributed by atoms with Crippen molar-refractivity contribution in [1.29, 1.82) is 0 Å². The first-order chi connectivity index (χ1) is 12.4. The molecular weight excluding hydrogens is 350 g/mol. The Kier molecular flexibility index (Phi) is 5.99. The molecule has 1 amide bonds. The van der Waals surface area contributed by atoms with Crippen LogP contribution in [0.3, 0.4) is 0 Å². The number of rotatable bonds is 4. The van der Waals surface area contributed by atoms with Gasteiger partial charge in [0.2, 0.25) is 5.91 Å². The van der Waals surface area contributed by atoms with Gasteiger partial charge < -0.3 is 4.90 Å². The van der Waals surface area contributed by atoms with E-state index in [-0.39, 0.29) is 18.5 Å². The molecule has 0 spiro atoms. The molecule has 0 aromatic heterocycles. The molecule has 1 unspecified atom stereocenters. The van der Waals surface area contributed by atoms with Crippen molar-refractivity contribution in [2.45, 2.75) is 52.1 Å². The summed E-state index contributed by atoms with van der Waals surface area (Å²) < 4.78 is 28.8. The van der Waals surface area contributed by atoms with Crippen molar-refractivity contribution in [3.05, 3.63) is 35.4 Å². The summed E-state index contributed by atoms with van der Waals surface area (Å²) in [5, 5.41) is 0. The van der Waals surface area contributed by atoms with E-state index in [0.29, 0.717) is 19.6 Å². The Bertz CT molecular complexity index is 733. The van der Waals surface area contributed by atoms with Gasteiger partial charge in [0.1, 0.15) is 0 Å². The Balaban J connectivity index is 1.68. The molecule has 2 aliphatic rings. The molecule has 0 bridgehead atoms. The van der Waals surface area contributed by atoms with Crippen LogP contribution in [-0.4, -0.2) is 60.1 Å². The van der Waals surface area contributed by atoms with Crippen LogP contribution in [0.5, 0.6) is 0 Å². The van der Waals surface area contributed by atoms with Crippen LogP contribution in [0.4, 0.5) is 0 Å². The lowest BCUT2D eigenvalue weighted by Gasteiger charge is -2.38. The zero-order valence-electron chi connectivity index (χ0n) is 15.7. The smallest absolute Gasteiger partial charge is 0.282 e. The molecule has 2 aliphatic heterocycles. The number of likely N-dealkylation sites (tertiary alicyclic amines) is 1. The predicted molar refractivity (Wildman–Crippen MR) is 102 cm³/mol. The Hall–Kier alpha value is -1.44. The minimum Gasteiger partial charge on any atom is -0.339 e. The maximum atomic E-state index is 13.0. The normalized spacial score (nSPS) is 24.5. The van der Waals surface area contributed by atoms with Gasteiger partial charge >= 0.3 is 0 Å². The summed E-state index contributed by atoms with van der Waals surface area (Å²) in [5.74, 6) is -0.0713. The number of amides is 1.